The summed E-state index contributed by atoms with van der Waals surface area (Å²) in [6, 6.07) is 0. The van der Waals surface area contributed by atoms with Crippen LogP contribution < -0.4 is 0 Å². The number of carboxylic acid groups (broad SMARTS) is 1. The predicted molar refractivity (Wildman–Crippen MR) is 72.5 cm³/mol. The van der Waals surface area contributed by atoms with Crippen molar-refractivity contribution in [3.63, 3.8) is 0 Å². The Morgan fingerprint density at radius 1 is 0.714 bits per heavy atom. The second-order valence-electron chi connectivity index (χ2n) is 3.37. The second kappa shape index (κ2) is 21.3. The molecule has 3 N–H and O–H groups in total. The predicted octanol–water partition coefficient (Wildman–Crippen LogP) is -0.652. The van der Waals surface area contributed by atoms with Crippen molar-refractivity contribution in [1.29, 1.82) is 0 Å². The molecule has 0 aliphatic carbocycles. The van der Waals surface area contributed by atoms with E-state index >= 15 is 0 Å². The molecule has 0 saturated carbocycles. The lowest BCUT2D eigenvalue weighted by molar-refractivity contribution is -0.00856. The van der Waals surface area contributed by atoms with Gasteiger partial charge in [-0.1, -0.05) is 0 Å². The Balaban J connectivity index is 0. The van der Waals surface area contributed by atoms with Crippen LogP contribution in [0.15, 0.2) is 0 Å². The van der Waals surface area contributed by atoms with Gasteiger partial charge in [-0.05, 0) is 0 Å². The highest BCUT2D eigenvalue weighted by Crippen LogP contribution is 1.82. The molecule has 0 atom stereocenters. The molecule has 0 aromatic rings. The van der Waals surface area contributed by atoms with Gasteiger partial charge in [-0.15, -0.1) is 0 Å². The monoisotopic (exact) mass is 314 g/mol. The first-order valence-corrected chi connectivity index (χ1v) is 6.48. The van der Waals surface area contributed by atoms with Crippen LogP contribution in [-0.2, 0) is 23.7 Å². The van der Waals surface area contributed by atoms with E-state index in [-0.39, 0.29) is 13.2 Å². The van der Waals surface area contributed by atoms with Crippen molar-refractivity contribution in [1.82, 2.24) is 0 Å². The molecule has 0 heterocycles. The van der Waals surface area contributed by atoms with Crippen molar-refractivity contribution in [2.45, 2.75) is 0 Å². The minimum atomic E-state index is -1.25. The normalized spacial score (nSPS) is 9.86. The van der Waals surface area contributed by atoms with Gasteiger partial charge in [0.25, 0.3) is 0 Å². The van der Waals surface area contributed by atoms with Crippen molar-refractivity contribution in [2.75, 3.05) is 73.2 Å². The summed E-state index contributed by atoms with van der Waals surface area (Å²) in [5.74, 6) is 0. The molecule has 0 aromatic carbocycles. The molecule has 0 amide bonds. The Hall–Kier alpha value is -0.970. The van der Waals surface area contributed by atoms with Gasteiger partial charge < -0.3 is 39.0 Å². The molecule has 0 aliphatic heterocycles. The van der Waals surface area contributed by atoms with E-state index in [1.807, 2.05) is 0 Å². The van der Waals surface area contributed by atoms with Crippen molar-refractivity contribution >= 4 is 6.16 Å². The first kappa shape index (κ1) is 22.3. The fourth-order valence-corrected chi connectivity index (χ4v) is 0.891. The van der Waals surface area contributed by atoms with Gasteiger partial charge in [0.1, 0.15) is 0 Å². The second-order valence-corrected chi connectivity index (χ2v) is 3.37. The van der Waals surface area contributed by atoms with Crippen LogP contribution in [0.25, 0.3) is 0 Å². The molecular formula is C12H26O9. The van der Waals surface area contributed by atoms with Gasteiger partial charge in [-0.2, -0.15) is 0 Å². The summed E-state index contributed by atoms with van der Waals surface area (Å²) in [5, 5.41) is 24.3. The van der Waals surface area contributed by atoms with E-state index in [4.69, 9.17) is 39.1 Å². The largest absolute Gasteiger partial charge is 0.505 e. The van der Waals surface area contributed by atoms with Crippen molar-refractivity contribution < 1.29 is 43.8 Å². The maximum absolute atomic E-state index is 9.15. The van der Waals surface area contributed by atoms with Gasteiger partial charge in [0, 0.05) is 0 Å². The summed E-state index contributed by atoms with van der Waals surface area (Å²) in [6.45, 7) is 3.79. The summed E-state index contributed by atoms with van der Waals surface area (Å²) in [7, 11) is 1.10. The van der Waals surface area contributed by atoms with E-state index in [0.29, 0.717) is 52.9 Å². The summed E-state index contributed by atoms with van der Waals surface area (Å²) < 4.78 is 24.0. The van der Waals surface area contributed by atoms with Gasteiger partial charge >= 0.3 is 6.16 Å². The van der Waals surface area contributed by atoms with Gasteiger partial charge in [0.05, 0.1) is 73.2 Å². The highest BCUT2D eigenvalue weighted by atomic mass is 16.6. The van der Waals surface area contributed by atoms with Crippen LogP contribution in [0.3, 0.4) is 0 Å². The first-order chi connectivity index (χ1) is 10.2. The molecule has 0 rings (SSSR count). The highest BCUT2D eigenvalue weighted by Gasteiger charge is 1.91. The number of methoxy groups -OCH3 is 1. The zero-order chi connectivity index (χ0) is 16.2. The van der Waals surface area contributed by atoms with Gasteiger partial charge in [-0.3, -0.25) is 0 Å². The molecule has 0 aromatic heterocycles. The molecule has 0 spiro atoms. The van der Waals surface area contributed by atoms with E-state index in [1.54, 1.807) is 0 Å². The fourth-order valence-electron chi connectivity index (χ4n) is 0.891. The summed E-state index contributed by atoms with van der Waals surface area (Å²) in [6.07, 6.45) is -1.25. The molecule has 0 saturated heterocycles. The van der Waals surface area contributed by atoms with E-state index < -0.39 is 6.16 Å². The Labute approximate surface area is 124 Å². The Kier molecular flexibility index (Phi) is 22.7. The number of carbonyl (C=O) groups is 1. The van der Waals surface area contributed by atoms with Crippen LogP contribution in [-0.4, -0.2) is 94.7 Å². The first-order valence-electron chi connectivity index (χ1n) is 6.48. The smallest absolute Gasteiger partial charge is 0.450 e. The summed E-state index contributed by atoms with van der Waals surface area (Å²) in [4.78, 5) is 9.15. The molecule has 0 bridgehead atoms. The molecular weight excluding hydrogens is 288 g/mol. The third kappa shape index (κ3) is 28.0. The quantitative estimate of drug-likeness (QED) is 0.300. The summed E-state index contributed by atoms with van der Waals surface area (Å²) in [5.41, 5.74) is 0. The molecule has 9 heteroatoms. The Bertz CT molecular complexity index is 187. The zero-order valence-electron chi connectivity index (χ0n) is 12.4. The van der Waals surface area contributed by atoms with Crippen LogP contribution in [0, 0.1) is 0 Å². The number of ether oxygens (including phenoxy) is 5. The van der Waals surface area contributed by atoms with Gasteiger partial charge in [0.15, 0.2) is 0 Å². The average Bonchev–Trinajstić information content (AvgIpc) is 2.49. The maximum Gasteiger partial charge on any atom is 0.505 e. The minimum absolute atomic E-state index is 0.0386. The van der Waals surface area contributed by atoms with Gasteiger partial charge in [-0.25, -0.2) is 4.79 Å². The molecule has 0 radical (unpaired) electrons. The van der Waals surface area contributed by atoms with Crippen molar-refractivity contribution in [3.05, 3.63) is 0 Å². The minimum Gasteiger partial charge on any atom is -0.450 e. The number of aliphatic hydroxyl groups excluding tert-OH is 2. The Morgan fingerprint density at radius 2 is 0.952 bits per heavy atom. The zero-order valence-corrected chi connectivity index (χ0v) is 12.4. The van der Waals surface area contributed by atoms with Crippen LogP contribution in [0.5, 0.6) is 0 Å². The molecule has 9 nitrogen and oxygen atoms in total. The van der Waals surface area contributed by atoms with Crippen molar-refractivity contribution in [3.8, 4) is 0 Å². The fraction of sp³-hybridized carbons (Fsp3) is 0.917. The van der Waals surface area contributed by atoms with E-state index in [9.17, 15) is 0 Å². The number of hydrogen-bond acceptors (Lipinski definition) is 8. The third-order valence-corrected chi connectivity index (χ3v) is 1.76. The molecule has 0 fully saturated rings. The molecule has 0 aliphatic rings. The topological polar surface area (TPSA) is 124 Å². The molecule has 0 unspecified atom stereocenters. The highest BCUT2D eigenvalue weighted by molar-refractivity contribution is 5.56. The van der Waals surface area contributed by atoms with Crippen LogP contribution in [0.2, 0.25) is 0 Å². The van der Waals surface area contributed by atoms with Gasteiger partial charge in [0.2, 0.25) is 0 Å². The van der Waals surface area contributed by atoms with Crippen molar-refractivity contribution in [2.24, 2.45) is 0 Å². The SMILES string of the molecule is COC(=O)O.OCCOCCOCCOCCOCCO. The van der Waals surface area contributed by atoms with E-state index in [1.165, 1.54) is 0 Å². The van der Waals surface area contributed by atoms with E-state index in [2.05, 4.69) is 4.74 Å². The molecule has 21 heavy (non-hydrogen) atoms. The Morgan fingerprint density at radius 3 is 1.14 bits per heavy atom. The lowest BCUT2D eigenvalue weighted by Gasteiger charge is -2.06. The van der Waals surface area contributed by atoms with Crippen LogP contribution in [0.4, 0.5) is 4.79 Å². The lowest BCUT2D eigenvalue weighted by Crippen LogP contribution is -2.13. The molecule has 128 valence electrons. The summed E-state index contributed by atoms with van der Waals surface area (Å²) >= 11 is 0. The van der Waals surface area contributed by atoms with E-state index in [0.717, 1.165) is 7.11 Å². The third-order valence-electron chi connectivity index (χ3n) is 1.76. The number of aliphatic hydroxyl groups is 2. The van der Waals surface area contributed by atoms with Crippen LogP contribution >= 0.6 is 0 Å². The number of hydrogen-bond donors (Lipinski definition) is 3. The maximum atomic E-state index is 9.15. The number of rotatable bonds is 13. The standard InChI is InChI=1S/C10H22O6.C2H4O3/c11-1-3-13-5-7-15-9-10-16-8-6-14-4-2-12;1-5-2(3)4/h11-12H,1-10H2;1H3,(H,3,4). The lowest BCUT2D eigenvalue weighted by atomic mass is 10.7. The van der Waals surface area contributed by atoms with Crippen LogP contribution in [0.1, 0.15) is 0 Å². The average molecular weight is 314 g/mol.